The second kappa shape index (κ2) is 6.72. The van der Waals surface area contributed by atoms with Crippen LogP contribution >= 0.6 is 11.8 Å². The van der Waals surface area contributed by atoms with Crippen LogP contribution in [0.25, 0.3) is 0 Å². The summed E-state index contributed by atoms with van der Waals surface area (Å²) >= 11 is 1.85. The molecule has 3 heteroatoms. The van der Waals surface area contributed by atoms with Gasteiger partial charge in [0, 0.05) is 6.54 Å². The van der Waals surface area contributed by atoms with Crippen molar-refractivity contribution in [2.24, 2.45) is 0 Å². The van der Waals surface area contributed by atoms with Crippen LogP contribution < -0.4 is 5.32 Å². The Bertz CT molecular complexity index is 302. The summed E-state index contributed by atoms with van der Waals surface area (Å²) < 4.78 is 13.3. The minimum absolute atomic E-state index is 0.162. The van der Waals surface area contributed by atoms with Gasteiger partial charge in [-0.2, -0.15) is 11.8 Å². The minimum Gasteiger partial charge on any atom is -0.383 e. The first-order valence-electron chi connectivity index (χ1n) is 5.23. The van der Waals surface area contributed by atoms with Crippen molar-refractivity contribution >= 4 is 17.4 Å². The highest BCUT2D eigenvalue weighted by Gasteiger charge is 2.00. The Morgan fingerprint density at radius 2 is 2.13 bits per heavy atom. The fourth-order valence-corrected chi connectivity index (χ4v) is 1.86. The van der Waals surface area contributed by atoms with E-state index in [9.17, 15) is 4.39 Å². The first-order valence-corrected chi connectivity index (χ1v) is 6.62. The van der Waals surface area contributed by atoms with Gasteiger partial charge in [0.25, 0.3) is 0 Å². The number of benzene rings is 1. The topological polar surface area (TPSA) is 12.0 Å². The molecule has 0 unspecified atom stereocenters. The third kappa shape index (κ3) is 4.56. The van der Waals surface area contributed by atoms with E-state index in [-0.39, 0.29) is 5.82 Å². The number of unbranched alkanes of at least 4 members (excludes halogenated alkanes) is 1. The van der Waals surface area contributed by atoms with E-state index in [2.05, 4.69) is 11.6 Å². The molecule has 15 heavy (non-hydrogen) atoms. The molecule has 84 valence electrons. The molecule has 1 nitrogen and oxygen atoms in total. The molecule has 0 radical (unpaired) electrons. The number of nitrogens with one attached hydrogen (secondary N) is 1. The molecule has 0 saturated carbocycles. The first kappa shape index (κ1) is 12.4. The maximum absolute atomic E-state index is 13.3. The van der Waals surface area contributed by atoms with Gasteiger partial charge in [0.2, 0.25) is 0 Å². The molecule has 0 aromatic heterocycles. The van der Waals surface area contributed by atoms with E-state index in [0.29, 0.717) is 5.69 Å². The van der Waals surface area contributed by atoms with Crippen LogP contribution in [0, 0.1) is 12.7 Å². The summed E-state index contributed by atoms with van der Waals surface area (Å²) in [6.45, 7) is 2.82. The summed E-state index contributed by atoms with van der Waals surface area (Å²) in [5.41, 5.74) is 1.71. The highest BCUT2D eigenvalue weighted by Crippen LogP contribution is 2.15. The number of hydrogen-bond donors (Lipinski definition) is 1. The van der Waals surface area contributed by atoms with E-state index in [1.807, 2.05) is 24.8 Å². The summed E-state index contributed by atoms with van der Waals surface area (Å²) in [6, 6.07) is 5.15. The number of anilines is 1. The van der Waals surface area contributed by atoms with Crippen LogP contribution in [0.15, 0.2) is 18.2 Å². The largest absolute Gasteiger partial charge is 0.383 e. The molecule has 0 fully saturated rings. The molecule has 0 heterocycles. The van der Waals surface area contributed by atoms with Gasteiger partial charge in [-0.1, -0.05) is 6.07 Å². The highest BCUT2D eigenvalue weighted by atomic mass is 32.2. The van der Waals surface area contributed by atoms with Gasteiger partial charge >= 0.3 is 0 Å². The molecule has 0 aliphatic rings. The second-order valence-electron chi connectivity index (χ2n) is 3.61. The van der Waals surface area contributed by atoms with Crippen LogP contribution in [0.3, 0.4) is 0 Å². The molecule has 0 aliphatic heterocycles. The Hall–Kier alpha value is -0.700. The fourth-order valence-electron chi connectivity index (χ4n) is 1.37. The number of thioether (sulfide) groups is 1. The van der Waals surface area contributed by atoms with Crippen molar-refractivity contribution in [1.82, 2.24) is 0 Å². The summed E-state index contributed by atoms with van der Waals surface area (Å²) in [6.07, 6.45) is 4.38. The van der Waals surface area contributed by atoms with E-state index >= 15 is 0 Å². The molecule has 0 atom stereocenters. The van der Waals surface area contributed by atoms with Crippen molar-refractivity contribution in [3.05, 3.63) is 29.6 Å². The molecule has 0 amide bonds. The van der Waals surface area contributed by atoms with Crippen LogP contribution in [-0.4, -0.2) is 18.6 Å². The van der Waals surface area contributed by atoms with Crippen LogP contribution in [0.1, 0.15) is 18.4 Å². The second-order valence-corrected chi connectivity index (χ2v) is 4.60. The minimum atomic E-state index is -0.162. The summed E-state index contributed by atoms with van der Waals surface area (Å²) in [5.74, 6) is 1.02. The molecule has 0 saturated heterocycles. The number of halogens is 1. The van der Waals surface area contributed by atoms with Crippen LogP contribution in [0.5, 0.6) is 0 Å². The van der Waals surface area contributed by atoms with Gasteiger partial charge in [0.1, 0.15) is 5.82 Å². The van der Waals surface area contributed by atoms with E-state index in [1.165, 1.54) is 18.2 Å². The third-order valence-electron chi connectivity index (χ3n) is 2.21. The predicted molar refractivity (Wildman–Crippen MR) is 67.2 cm³/mol. The van der Waals surface area contributed by atoms with E-state index < -0.39 is 0 Å². The van der Waals surface area contributed by atoms with Crippen molar-refractivity contribution in [1.29, 1.82) is 0 Å². The lowest BCUT2D eigenvalue weighted by Gasteiger charge is -2.07. The maximum atomic E-state index is 13.3. The van der Waals surface area contributed by atoms with Crippen molar-refractivity contribution in [3.63, 3.8) is 0 Å². The average molecular weight is 227 g/mol. The smallest absolute Gasteiger partial charge is 0.146 e. The summed E-state index contributed by atoms with van der Waals surface area (Å²) in [4.78, 5) is 0. The lowest BCUT2D eigenvalue weighted by atomic mass is 10.2. The van der Waals surface area contributed by atoms with Gasteiger partial charge < -0.3 is 5.32 Å². The molecule has 1 aromatic rings. The zero-order valence-electron chi connectivity index (χ0n) is 9.35. The van der Waals surface area contributed by atoms with E-state index in [4.69, 9.17) is 0 Å². The monoisotopic (exact) mass is 227 g/mol. The molecule has 0 bridgehead atoms. The molecule has 0 aliphatic carbocycles. The summed E-state index contributed by atoms with van der Waals surface area (Å²) in [5, 5.41) is 3.13. The Morgan fingerprint density at radius 1 is 1.33 bits per heavy atom. The van der Waals surface area contributed by atoms with Crippen LogP contribution in [0.2, 0.25) is 0 Å². The molecular weight excluding hydrogens is 209 g/mol. The average Bonchev–Trinajstić information content (AvgIpc) is 2.23. The van der Waals surface area contributed by atoms with Crippen molar-refractivity contribution in [2.75, 3.05) is 23.9 Å². The Balaban J connectivity index is 2.33. The summed E-state index contributed by atoms with van der Waals surface area (Å²) in [7, 11) is 0. The lowest BCUT2D eigenvalue weighted by molar-refractivity contribution is 0.629. The molecule has 1 rings (SSSR count). The molecule has 0 spiro atoms. The Kier molecular flexibility index (Phi) is 5.54. The Morgan fingerprint density at radius 3 is 2.87 bits per heavy atom. The maximum Gasteiger partial charge on any atom is 0.146 e. The molecular formula is C12H18FNS. The molecule has 1 N–H and O–H groups in total. The Labute approximate surface area is 95.5 Å². The highest BCUT2D eigenvalue weighted by molar-refractivity contribution is 7.98. The van der Waals surface area contributed by atoms with Gasteiger partial charge in [-0.3, -0.25) is 0 Å². The molecule has 1 aromatic carbocycles. The third-order valence-corrected chi connectivity index (χ3v) is 2.91. The van der Waals surface area contributed by atoms with Gasteiger partial charge in [-0.05, 0) is 49.5 Å². The van der Waals surface area contributed by atoms with Crippen LogP contribution in [0.4, 0.5) is 10.1 Å². The van der Waals surface area contributed by atoms with Gasteiger partial charge in [-0.15, -0.1) is 0 Å². The van der Waals surface area contributed by atoms with Gasteiger partial charge in [-0.25, -0.2) is 4.39 Å². The number of aryl methyl sites for hydroxylation is 1. The quantitative estimate of drug-likeness (QED) is 0.744. The SMILES string of the molecule is CSCCCCNc1cc(C)ccc1F. The fraction of sp³-hybridized carbons (Fsp3) is 0.500. The lowest BCUT2D eigenvalue weighted by Crippen LogP contribution is -2.03. The standard InChI is InChI=1S/C12H18FNS/c1-10-5-6-11(13)12(9-10)14-7-3-4-8-15-2/h5-6,9,14H,3-4,7-8H2,1-2H3. The van der Waals surface area contributed by atoms with Gasteiger partial charge in [0.05, 0.1) is 5.69 Å². The van der Waals surface area contributed by atoms with E-state index in [1.54, 1.807) is 6.07 Å². The normalized spacial score (nSPS) is 10.3. The number of rotatable bonds is 6. The van der Waals surface area contributed by atoms with Gasteiger partial charge in [0.15, 0.2) is 0 Å². The van der Waals surface area contributed by atoms with Crippen molar-refractivity contribution in [2.45, 2.75) is 19.8 Å². The van der Waals surface area contributed by atoms with E-state index in [0.717, 1.165) is 18.5 Å². The van der Waals surface area contributed by atoms with Crippen molar-refractivity contribution < 1.29 is 4.39 Å². The number of hydrogen-bond acceptors (Lipinski definition) is 2. The zero-order valence-corrected chi connectivity index (χ0v) is 10.2. The predicted octanol–water partition coefficient (Wildman–Crippen LogP) is 3.69. The zero-order chi connectivity index (χ0) is 11.1. The van der Waals surface area contributed by atoms with Crippen LogP contribution in [-0.2, 0) is 0 Å². The van der Waals surface area contributed by atoms with Crippen molar-refractivity contribution in [3.8, 4) is 0 Å². The first-order chi connectivity index (χ1) is 7.24.